The number of fused-ring (bicyclic) bond motifs is 3. The van der Waals surface area contributed by atoms with Crippen molar-refractivity contribution < 1.29 is 4.79 Å². The van der Waals surface area contributed by atoms with Crippen LogP contribution in [0.2, 0.25) is 5.02 Å². The summed E-state index contributed by atoms with van der Waals surface area (Å²) in [6.07, 6.45) is 3.70. The number of aliphatic imine (C=N–C) groups is 1. The van der Waals surface area contributed by atoms with E-state index in [0.717, 1.165) is 38.8 Å². The molecule has 0 fully saturated rings. The molecule has 8 nitrogen and oxygen atoms in total. The molecule has 36 heavy (non-hydrogen) atoms. The maximum atomic E-state index is 12.6. The summed E-state index contributed by atoms with van der Waals surface area (Å²) in [6.45, 7) is 6.77. The van der Waals surface area contributed by atoms with Crippen LogP contribution >= 0.6 is 22.9 Å². The molecule has 0 saturated heterocycles. The van der Waals surface area contributed by atoms with Gasteiger partial charge in [0.05, 0.1) is 12.3 Å². The summed E-state index contributed by atoms with van der Waals surface area (Å²) in [5, 5.41) is 16.7. The van der Waals surface area contributed by atoms with Gasteiger partial charge in [0.15, 0.2) is 12.0 Å². The van der Waals surface area contributed by atoms with Crippen LogP contribution in [0.25, 0.3) is 5.00 Å². The van der Waals surface area contributed by atoms with E-state index in [1.54, 1.807) is 23.7 Å². The van der Waals surface area contributed by atoms with E-state index in [1.807, 2.05) is 47.9 Å². The standard InChI is InChI=1S/C26H26ClN7OS/c1-15-16(2)36-26-22(15)23(19-6-8-20(27)9-7-19)31-24(25-33-32-17(3)34(25)26)30-14-21(35)29-12-10-18-5-4-11-28-13-18/h4-9,11,13,24,30H,10,12,14H2,1-3H3,(H,29,35). The first kappa shape index (κ1) is 24.3. The zero-order chi connectivity index (χ0) is 25.2. The molecule has 0 spiro atoms. The van der Waals surface area contributed by atoms with E-state index in [9.17, 15) is 4.79 Å². The van der Waals surface area contributed by atoms with Crippen LogP contribution in [0.3, 0.4) is 0 Å². The van der Waals surface area contributed by atoms with Crippen LogP contribution in [-0.4, -0.2) is 44.5 Å². The molecule has 1 aliphatic rings. The fourth-order valence-electron chi connectivity index (χ4n) is 4.21. The van der Waals surface area contributed by atoms with E-state index in [0.29, 0.717) is 23.8 Å². The van der Waals surface area contributed by atoms with Crippen molar-refractivity contribution in [1.82, 2.24) is 30.4 Å². The lowest BCUT2D eigenvalue weighted by Crippen LogP contribution is -2.37. The minimum atomic E-state index is -0.555. The average Bonchev–Trinajstić information content (AvgIpc) is 3.35. The van der Waals surface area contributed by atoms with Crippen LogP contribution in [0.5, 0.6) is 0 Å². The van der Waals surface area contributed by atoms with Gasteiger partial charge >= 0.3 is 0 Å². The monoisotopic (exact) mass is 519 g/mol. The third-order valence-corrected chi connectivity index (χ3v) is 7.64. The Morgan fingerprint density at radius 2 is 1.94 bits per heavy atom. The number of carbonyl (C=O) groups excluding carboxylic acids is 1. The molecular weight excluding hydrogens is 494 g/mol. The van der Waals surface area contributed by atoms with E-state index >= 15 is 0 Å². The number of aromatic nitrogens is 4. The van der Waals surface area contributed by atoms with Crippen molar-refractivity contribution >= 4 is 34.6 Å². The minimum absolute atomic E-state index is 0.0900. The number of hydrogen-bond donors (Lipinski definition) is 2. The van der Waals surface area contributed by atoms with E-state index in [4.69, 9.17) is 16.6 Å². The van der Waals surface area contributed by atoms with Crippen LogP contribution < -0.4 is 10.6 Å². The van der Waals surface area contributed by atoms with Gasteiger partial charge in [0.2, 0.25) is 5.91 Å². The second-order valence-corrected chi connectivity index (χ2v) is 10.3. The van der Waals surface area contributed by atoms with E-state index in [-0.39, 0.29) is 12.5 Å². The van der Waals surface area contributed by atoms with Gasteiger partial charge in [-0.3, -0.25) is 24.7 Å². The van der Waals surface area contributed by atoms with E-state index in [1.165, 1.54) is 4.88 Å². The molecule has 0 bridgehead atoms. The average molecular weight is 520 g/mol. The summed E-state index contributed by atoms with van der Waals surface area (Å²) in [5.74, 6) is 1.31. The first-order chi connectivity index (χ1) is 17.4. The van der Waals surface area contributed by atoms with Gasteiger partial charge in [0.1, 0.15) is 10.8 Å². The highest BCUT2D eigenvalue weighted by atomic mass is 35.5. The largest absolute Gasteiger partial charge is 0.355 e. The Labute approximate surface area is 218 Å². The first-order valence-corrected chi connectivity index (χ1v) is 12.9. The molecule has 1 atom stereocenters. The Morgan fingerprint density at radius 1 is 1.14 bits per heavy atom. The zero-order valence-electron chi connectivity index (χ0n) is 20.2. The predicted molar refractivity (Wildman–Crippen MR) is 142 cm³/mol. The molecule has 0 aliphatic carbocycles. The Balaban J connectivity index is 1.43. The van der Waals surface area contributed by atoms with Gasteiger partial charge in [-0.05, 0) is 56.5 Å². The Hall–Kier alpha value is -3.40. The Bertz CT molecular complexity index is 1430. The van der Waals surface area contributed by atoms with Crippen LogP contribution in [0.4, 0.5) is 0 Å². The Kier molecular flexibility index (Phi) is 6.95. The van der Waals surface area contributed by atoms with Crippen molar-refractivity contribution in [3.63, 3.8) is 0 Å². The molecule has 10 heteroatoms. The van der Waals surface area contributed by atoms with Crippen molar-refractivity contribution in [3.05, 3.63) is 92.6 Å². The molecule has 1 aliphatic heterocycles. The number of hydrogen-bond acceptors (Lipinski definition) is 7. The number of pyridine rings is 1. The number of aryl methyl sites for hydroxylation is 2. The van der Waals surface area contributed by atoms with Crippen molar-refractivity contribution in [2.45, 2.75) is 33.4 Å². The highest BCUT2D eigenvalue weighted by Crippen LogP contribution is 2.38. The first-order valence-electron chi connectivity index (χ1n) is 11.7. The summed E-state index contributed by atoms with van der Waals surface area (Å²) in [7, 11) is 0. The van der Waals surface area contributed by atoms with Gasteiger partial charge in [-0.1, -0.05) is 29.8 Å². The van der Waals surface area contributed by atoms with Crippen LogP contribution in [0.1, 0.15) is 44.9 Å². The summed E-state index contributed by atoms with van der Waals surface area (Å²) < 4.78 is 2.05. The molecule has 4 heterocycles. The number of benzene rings is 1. The SMILES string of the molecule is Cc1sc2c(c1C)C(c1ccc(Cl)cc1)=NC(NCC(=O)NCCc1cccnc1)c1nnc(C)n1-2. The number of thiophene rings is 1. The normalized spacial score (nSPS) is 14.6. The molecular formula is C26H26ClN7OS. The number of carbonyl (C=O) groups is 1. The van der Waals surface area contributed by atoms with Gasteiger partial charge in [0, 0.05) is 40.0 Å². The highest BCUT2D eigenvalue weighted by molar-refractivity contribution is 7.15. The third kappa shape index (κ3) is 4.82. The smallest absolute Gasteiger partial charge is 0.234 e. The molecule has 184 valence electrons. The van der Waals surface area contributed by atoms with Gasteiger partial charge in [0.25, 0.3) is 0 Å². The zero-order valence-corrected chi connectivity index (χ0v) is 21.8. The van der Waals surface area contributed by atoms with Gasteiger partial charge in [-0.15, -0.1) is 21.5 Å². The molecule has 4 aromatic rings. The van der Waals surface area contributed by atoms with Crippen LogP contribution in [0.15, 0.2) is 53.8 Å². The van der Waals surface area contributed by atoms with Crippen LogP contribution in [0, 0.1) is 20.8 Å². The van der Waals surface area contributed by atoms with Crippen molar-refractivity contribution in [1.29, 1.82) is 0 Å². The molecule has 1 aromatic carbocycles. The second-order valence-electron chi connectivity index (χ2n) is 8.63. The summed E-state index contributed by atoms with van der Waals surface area (Å²) in [6, 6.07) is 11.6. The second kappa shape index (κ2) is 10.3. The van der Waals surface area contributed by atoms with Crippen molar-refractivity contribution in [2.24, 2.45) is 4.99 Å². The van der Waals surface area contributed by atoms with Gasteiger partial charge < -0.3 is 5.32 Å². The quantitative estimate of drug-likeness (QED) is 0.383. The number of amides is 1. The lowest BCUT2D eigenvalue weighted by Gasteiger charge is -2.14. The molecule has 0 radical (unpaired) electrons. The number of rotatable bonds is 7. The molecule has 0 saturated carbocycles. The third-order valence-electron chi connectivity index (χ3n) is 6.19. The van der Waals surface area contributed by atoms with Crippen molar-refractivity contribution in [3.8, 4) is 5.00 Å². The molecule has 5 rings (SSSR count). The molecule has 1 unspecified atom stereocenters. The lowest BCUT2D eigenvalue weighted by atomic mass is 10.00. The van der Waals surface area contributed by atoms with Crippen LogP contribution in [-0.2, 0) is 11.2 Å². The lowest BCUT2D eigenvalue weighted by molar-refractivity contribution is -0.120. The fraction of sp³-hybridized carbons (Fsp3) is 0.269. The van der Waals surface area contributed by atoms with E-state index < -0.39 is 6.17 Å². The van der Waals surface area contributed by atoms with Crippen molar-refractivity contribution in [2.75, 3.05) is 13.1 Å². The number of nitrogens with one attached hydrogen (secondary N) is 2. The summed E-state index contributed by atoms with van der Waals surface area (Å²) in [4.78, 5) is 23.1. The Morgan fingerprint density at radius 3 is 2.69 bits per heavy atom. The molecule has 1 amide bonds. The van der Waals surface area contributed by atoms with E-state index in [2.05, 4.69) is 39.7 Å². The number of nitrogens with zero attached hydrogens (tertiary/aromatic N) is 5. The summed E-state index contributed by atoms with van der Waals surface area (Å²) >= 11 is 7.86. The maximum Gasteiger partial charge on any atom is 0.234 e. The fourth-order valence-corrected chi connectivity index (χ4v) is 5.55. The molecule has 2 N–H and O–H groups in total. The summed E-state index contributed by atoms with van der Waals surface area (Å²) in [5.41, 5.74) is 5.08. The molecule has 3 aromatic heterocycles. The minimum Gasteiger partial charge on any atom is -0.355 e. The number of halogens is 1. The van der Waals surface area contributed by atoms with Gasteiger partial charge in [-0.2, -0.15) is 0 Å². The topological polar surface area (TPSA) is 97.1 Å². The highest BCUT2D eigenvalue weighted by Gasteiger charge is 2.31. The van der Waals surface area contributed by atoms with Gasteiger partial charge in [-0.25, -0.2) is 0 Å². The maximum absolute atomic E-state index is 12.6. The predicted octanol–water partition coefficient (Wildman–Crippen LogP) is 4.10.